The van der Waals surface area contributed by atoms with Crippen molar-refractivity contribution in [2.75, 3.05) is 0 Å². The molecule has 1 aromatic carbocycles. The van der Waals surface area contributed by atoms with E-state index in [1.54, 1.807) is 6.07 Å². The standard InChI is InChI=1S/C20H25ClN4O3/c1-10(2)17(18(22)27)24-19(28)20(25-11(3)26)7-6-15-14(9-20)13-5-4-12(21)8-16(13)23-15/h4-5,8,10,17,23H,6-7,9H2,1-3H3,(H2,22,27)(H,24,28)(H,25,26)/t17-,20?/m0/s1. The maximum absolute atomic E-state index is 13.2. The molecule has 28 heavy (non-hydrogen) atoms. The van der Waals surface area contributed by atoms with Gasteiger partial charge in [-0.25, -0.2) is 0 Å². The molecule has 0 saturated carbocycles. The van der Waals surface area contributed by atoms with Crippen LogP contribution in [0.5, 0.6) is 0 Å². The Morgan fingerprint density at radius 3 is 2.61 bits per heavy atom. The largest absolute Gasteiger partial charge is 0.368 e. The molecular formula is C20H25ClN4O3. The minimum Gasteiger partial charge on any atom is -0.368 e. The predicted molar refractivity (Wildman–Crippen MR) is 108 cm³/mol. The number of nitrogens with one attached hydrogen (secondary N) is 3. The molecule has 0 aliphatic heterocycles. The quantitative estimate of drug-likeness (QED) is 0.608. The summed E-state index contributed by atoms with van der Waals surface area (Å²) in [5, 5.41) is 7.19. The third kappa shape index (κ3) is 3.71. The van der Waals surface area contributed by atoms with E-state index < -0.39 is 23.4 Å². The monoisotopic (exact) mass is 404 g/mol. The predicted octanol–water partition coefficient (Wildman–Crippen LogP) is 1.81. The first-order valence-electron chi connectivity index (χ1n) is 9.31. The Labute approximate surface area is 168 Å². The van der Waals surface area contributed by atoms with Crippen molar-refractivity contribution >= 4 is 40.2 Å². The molecule has 1 aliphatic carbocycles. The van der Waals surface area contributed by atoms with Gasteiger partial charge in [0.05, 0.1) is 0 Å². The average Bonchev–Trinajstić information content (AvgIpc) is 2.94. The Morgan fingerprint density at radius 1 is 1.29 bits per heavy atom. The lowest BCUT2D eigenvalue weighted by Gasteiger charge is -2.37. The molecule has 1 heterocycles. The second kappa shape index (κ2) is 7.47. The van der Waals surface area contributed by atoms with E-state index in [4.69, 9.17) is 17.3 Å². The van der Waals surface area contributed by atoms with Gasteiger partial charge in [0.1, 0.15) is 11.6 Å². The number of fused-ring (bicyclic) bond motifs is 3. The molecule has 3 rings (SSSR count). The molecular weight excluding hydrogens is 380 g/mol. The van der Waals surface area contributed by atoms with E-state index in [1.165, 1.54) is 6.92 Å². The van der Waals surface area contributed by atoms with E-state index in [2.05, 4.69) is 15.6 Å². The number of aromatic amines is 1. The molecule has 7 nitrogen and oxygen atoms in total. The van der Waals surface area contributed by atoms with Crippen molar-refractivity contribution in [3.05, 3.63) is 34.5 Å². The number of amides is 3. The number of benzene rings is 1. The number of nitrogens with two attached hydrogens (primary N) is 1. The summed E-state index contributed by atoms with van der Waals surface area (Å²) in [5.41, 5.74) is 7.21. The number of hydrogen-bond acceptors (Lipinski definition) is 3. The van der Waals surface area contributed by atoms with Crippen molar-refractivity contribution in [1.82, 2.24) is 15.6 Å². The van der Waals surface area contributed by atoms with Gasteiger partial charge in [-0.3, -0.25) is 14.4 Å². The summed E-state index contributed by atoms with van der Waals surface area (Å²) in [4.78, 5) is 40.3. The summed E-state index contributed by atoms with van der Waals surface area (Å²) < 4.78 is 0. The van der Waals surface area contributed by atoms with Gasteiger partial charge in [0.25, 0.3) is 0 Å². The Balaban J connectivity index is 1.99. The zero-order valence-corrected chi connectivity index (χ0v) is 16.9. The topological polar surface area (TPSA) is 117 Å². The first-order chi connectivity index (χ1) is 13.1. The third-order valence-electron chi connectivity index (χ3n) is 5.35. The van der Waals surface area contributed by atoms with Crippen molar-refractivity contribution in [3.63, 3.8) is 0 Å². The molecule has 1 aromatic heterocycles. The molecule has 0 spiro atoms. The van der Waals surface area contributed by atoms with Gasteiger partial charge in [0.2, 0.25) is 17.7 Å². The van der Waals surface area contributed by atoms with Gasteiger partial charge in [0, 0.05) is 35.0 Å². The number of hydrogen-bond donors (Lipinski definition) is 4. The summed E-state index contributed by atoms with van der Waals surface area (Å²) in [5.74, 6) is -1.46. The second-order valence-corrected chi connectivity index (χ2v) is 8.25. The number of carbonyl (C=O) groups excluding carboxylic acids is 3. The van der Waals surface area contributed by atoms with Crippen LogP contribution in [0.3, 0.4) is 0 Å². The van der Waals surface area contributed by atoms with Crippen LogP contribution in [0.25, 0.3) is 10.9 Å². The molecule has 0 fully saturated rings. The number of rotatable bonds is 5. The number of H-pyrrole nitrogens is 1. The molecule has 0 radical (unpaired) electrons. The highest BCUT2D eigenvalue weighted by Gasteiger charge is 2.44. The summed E-state index contributed by atoms with van der Waals surface area (Å²) in [7, 11) is 0. The highest BCUT2D eigenvalue weighted by Crippen LogP contribution is 2.35. The van der Waals surface area contributed by atoms with Crippen LogP contribution in [0.2, 0.25) is 5.02 Å². The van der Waals surface area contributed by atoms with Crippen molar-refractivity contribution in [3.8, 4) is 0 Å². The zero-order chi connectivity index (χ0) is 20.6. The molecule has 5 N–H and O–H groups in total. The summed E-state index contributed by atoms with van der Waals surface area (Å²) in [6.45, 7) is 5.00. The molecule has 150 valence electrons. The minimum atomic E-state index is -1.14. The Morgan fingerprint density at radius 2 is 2.00 bits per heavy atom. The summed E-state index contributed by atoms with van der Waals surface area (Å²) in [6, 6.07) is 4.75. The summed E-state index contributed by atoms with van der Waals surface area (Å²) in [6.07, 6.45) is 1.31. The fourth-order valence-electron chi connectivity index (χ4n) is 3.97. The molecule has 8 heteroatoms. The number of carbonyl (C=O) groups is 3. The molecule has 2 atom stereocenters. The second-order valence-electron chi connectivity index (χ2n) is 7.81. The van der Waals surface area contributed by atoms with E-state index in [-0.39, 0.29) is 11.8 Å². The molecule has 0 bridgehead atoms. The Kier molecular flexibility index (Phi) is 5.39. The lowest BCUT2D eigenvalue weighted by atomic mass is 9.78. The fourth-order valence-corrected chi connectivity index (χ4v) is 4.14. The first-order valence-corrected chi connectivity index (χ1v) is 9.69. The van der Waals surface area contributed by atoms with Crippen LogP contribution in [-0.2, 0) is 27.2 Å². The van der Waals surface area contributed by atoms with Gasteiger partial charge in [-0.2, -0.15) is 0 Å². The van der Waals surface area contributed by atoms with Gasteiger partial charge in [0.15, 0.2) is 0 Å². The summed E-state index contributed by atoms with van der Waals surface area (Å²) >= 11 is 6.09. The van der Waals surface area contributed by atoms with Crippen LogP contribution < -0.4 is 16.4 Å². The van der Waals surface area contributed by atoms with Crippen LogP contribution in [0.1, 0.15) is 38.4 Å². The Bertz CT molecular complexity index is 952. The van der Waals surface area contributed by atoms with Crippen molar-refractivity contribution in [1.29, 1.82) is 0 Å². The lowest BCUT2D eigenvalue weighted by molar-refractivity contribution is -0.136. The van der Waals surface area contributed by atoms with E-state index in [9.17, 15) is 14.4 Å². The number of aromatic nitrogens is 1. The highest BCUT2D eigenvalue weighted by atomic mass is 35.5. The number of aryl methyl sites for hydroxylation is 1. The van der Waals surface area contributed by atoms with Gasteiger partial charge in [-0.15, -0.1) is 0 Å². The van der Waals surface area contributed by atoms with E-state index in [1.807, 2.05) is 26.0 Å². The van der Waals surface area contributed by atoms with Crippen LogP contribution in [-0.4, -0.2) is 34.3 Å². The maximum Gasteiger partial charge on any atom is 0.246 e. The lowest BCUT2D eigenvalue weighted by Crippen LogP contribution is -2.64. The van der Waals surface area contributed by atoms with Crippen molar-refractivity contribution < 1.29 is 14.4 Å². The highest BCUT2D eigenvalue weighted by molar-refractivity contribution is 6.31. The fraction of sp³-hybridized carbons (Fsp3) is 0.450. The first kappa shape index (κ1) is 20.2. The number of halogens is 1. The van der Waals surface area contributed by atoms with Crippen LogP contribution in [0.4, 0.5) is 0 Å². The average molecular weight is 405 g/mol. The molecule has 3 amide bonds. The molecule has 2 aromatic rings. The smallest absolute Gasteiger partial charge is 0.246 e. The van der Waals surface area contributed by atoms with Crippen molar-refractivity contribution in [2.24, 2.45) is 11.7 Å². The van der Waals surface area contributed by atoms with Crippen LogP contribution >= 0.6 is 11.6 Å². The van der Waals surface area contributed by atoms with Gasteiger partial charge in [-0.05, 0) is 36.5 Å². The SMILES string of the molecule is CC(=O)NC1(C(=O)N[C@H](C(N)=O)C(C)C)CCc2[nH]c3cc(Cl)ccc3c2C1. The maximum atomic E-state index is 13.2. The molecule has 1 unspecified atom stereocenters. The molecule has 0 saturated heterocycles. The molecule has 1 aliphatic rings. The van der Waals surface area contributed by atoms with Gasteiger partial charge < -0.3 is 21.4 Å². The van der Waals surface area contributed by atoms with Crippen LogP contribution in [0, 0.1) is 5.92 Å². The zero-order valence-electron chi connectivity index (χ0n) is 16.2. The van der Waals surface area contributed by atoms with E-state index in [0.717, 1.165) is 22.2 Å². The van der Waals surface area contributed by atoms with E-state index in [0.29, 0.717) is 24.3 Å². The Hall–Kier alpha value is -2.54. The van der Waals surface area contributed by atoms with Crippen LogP contribution in [0.15, 0.2) is 18.2 Å². The normalized spacial score (nSPS) is 19.9. The minimum absolute atomic E-state index is 0.162. The van der Waals surface area contributed by atoms with E-state index >= 15 is 0 Å². The third-order valence-corrected chi connectivity index (χ3v) is 5.58. The van der Waals surface area contributed by atoms with Gasteiger partial charge in [-0.1, -0.05) is 31.5 Å². The van der Waals surface area contributed by atoms with Crippen molar-refractivity contribution in [2.45, 2.75) is 51.6 Å². The van der Waals surface area contributed by atoms with Gasteiger partial charge >= 0.3 is 0 Å². The number of primary amides is 1.